The molecule has 3 aliphatic rings. The van der Waals surface area contributed by atoms with Crippen LogP contribution in [0.1, 0.15) is 50.6 Å². The molecule has 4 rings (SSSR count). The molecule has 2 saturated heterocycles. The molecule has 2 fully saturated rings. The Bertz CT molecular complexity index is 787. The predicted octanol–water partition coefficient (Wildman–Crippen LogP) is 1.63. The predicted molar refractivity (Wildman–Crippen MR) is 103 cm³/mol. The van der Waals surface area contributed by atoms with Crippen LogP contribution in [0.4, 0.5) is 0 Å². The second-order valence-electron chi connectivity index (χ2n) is 8.54. The SMILES string of the molecule is CC1CCCCN1C(=O)CC(=O)CN1CC2CC(C1)c1cccc(=O)n1C2. The van der Waals surface area contributed by atoms with Crippen molar-refractivity contribution < 1.29 is 9.59 Å². The Labute approximate surface area is 160 Å². The molecule has 0 radical (unpaired) electrons. The first-order valence-electron chi connectivity index (χ1n) is 10.2. The van der Waals surface area contributed by atoms with Crippen LogP contribution >= 0.6 is 0 Å². The van der Waals surface area contributed by atoms with Crippen LogP contribution in [0, 0.1) is 5.92 Å². The van der Waals surface area contributed by atoms with E-state index in [1.807, 2.05) is 21.6 Å². The molecule has 6 heteroatoms. The summed E-state index contributed by atoms with van der Waals surface area (Å²) in [5, 5.41) is 0. The van der Waals surface area contributed by atoms with E-state index in [0.29, 0.717) is 18.4 Å². The number of hydrogen-bond donors (Lipinski definition) is 0. The van der Waals surface area contributed by atoms with Crippen LogP contribution in [0.3, 0.4) is 0 Å². The second-order valence-corrected chi connectivity index (χ2v) is 8.54. The largest absolute Gasteiger partial charge is 0.340 e. The van der Waals surface area contributed by atoms with Crippen molar-refractivity contribution in [1.29, 1.82) is 0 Å². The van der Waals surface area contributed by atoms with Gasteiger partial charge in [-0.05, 0) is 44.6 Å². The normalized spacial score (nSPS) is 27.9. The first-order valence-corrected chi connectivity index (χ1v) is 10.2. The van der Waals surface area contributed by atoms with E-state index in [2.05, 4.69) is 11.8 Å². The van der Waals surface area contributed by atoms with Crippen molar-refractivity contribution in [3.63, 3.8) is 0 Å². The monoisotopic (exact) mass is 371 g/mol. The number of rotatable bonds is 4. The van der Waals surface area contributed by atoms with Crippen molar-refractivity contribution in [2.45, 2.75) is 57.5 Å². The van der Waals surface area contributed by atoms with Gasteiger partial charge in [0, 0.05) is 49.9 Å². The number of hydrogen-bond acceptors (Lipinski definition) is 4. The van der Waals surface area contributed by atoms with Crippen molar-refractivity contribution in [2.75, 3.05) is 26.2 Å². The summed E-state index contributed by atoms with van der Waals surface area (Å²) in [7, 11) is 0. The van der Waals surface area contributed by atoms with Crippen LogP contribution in [-0.4, -0.2) is 58.3 Å². The number of nitrogens with zero attached hydrogens (tertiary/aromatic N) is 3. The fourth-order valence-corrected chi connectivity index (χ4v) is 5.17. The fourth-order valence-electron chi connectivity index (χ4n) is 5.17. The van der Waals surface area contributed by atoms with Gasteiger partial charge in [0.2, 0.25) is 5.91 Å². The van der Waals surface area contributed by atoms with Crippen molar-refractivity contribution in [3.8, 4) is 0 Å². The van der Waals surface area contributed by atoms with E-state index in [-0.39, 0.29) is 29.7 Å². The van der Waals surface area contributed by atoms with Gasteiger partial charge in [-0.2, -0.15) is 0 Å². The number of likely N-dealkylation sites (tertiary alicyclic amines) is 2. The van der Waals surface area contributed by atoms with Crippen LogP contribution in [0.5, 0.6) is 0 Å². The lowest BCUT2D eigenvalue weighted by Crippen LogP contribution is -2.49. The highest BCUT2D eigenvalue weighted by atomic mass is 16.2. The van der Waals surface area contributed by atoms with Gasteiger partial charge >= 0.3 is 0 Å². The van der Waals surface area contributed by atoms with Crippen molar-refractivity contribution in [3.05, 3.63) is 34.2 Å². The molecule has 1 aromatic heterocycles. The molecule has 3 atom stereocenters. The molecule has 0 saturated carbocycles. The number of amides is 1. The van der Waals surface area contributed by atoms with Crippen molar-refractivity contribution in [2.24, 2.45) is 5.92 Å². The van der Waals surface area contributed by atoms with Gasteiger partial charge in [-0.25, -0.2) is 0 Å². The van der Waals surface area contributed by atoms with E-state index < -0.39 is 0 Å². The first kappa shape index (κ1) is 18.4. The van der Waals surface area contributed by atoms with Crippen LogP contribution in [0.2, 0.25) is 0 Å². The fraction of sp³-hybridized carbons (Fsp3) is 0.667. The average Bonchev–Trinajstić information content (AvgIpc) is 2.63. The van der Waals surface area contributed by atoms with E-state index in [4.69, 9.17) is 0 Å². The summed E-state index contributed by atoms with van der Waals surface area (Å²) < 4.78 is 1.90. The Balaban J connectivity index is 1.36. The standard InChI is InChI=1S/C21H29N3O3/c1-15-5-2-3-8-23(15)21(27)10-18(25)14-22-11-16-9-17(13-22)19-6-4-7-20(26)24(19)12-16/h4,6-7,15-17H,2-3,5,8-14H2,1H3. The summed E-state index contributed by atoms with van der Waals surface area (Å²) >= 11 is 0. The number of carbonyl (C=O) groups is 2. The van der Waals surface area contributed by atoms with Gasteiger partial charge in [-0.3, -0.25) is 19.3 Å². The number of ketones is 1. The molecule has 1 aromatic rings. The van der Waals surface area contributed by atoms with Gasteiger partial charge in [0.05, 0.1) is 13.0 Å². The highest BCUT2D eigenvalue weighted by Gasteiger charge is 2.35. The molecule has 1 amide bonds. The van der Waals surface area contributed by atoms with Gasteiger partial charge in [-0.15, -0.1) is 0 Å². The quantitative estimate of drug-likeness (QED) is 0.755. The third-order valence-electron chi connectivity index (χ3n) is 6.43. The molecule has 6 nitrogen and oxygen atoms in total. The zero-order valence-electron chi connectivity index (χ0n) is 16.1. The topological polar surface area (TPSA) is 62.6 Å². The minimum absolute atomic E-state index is 0.0127. The summed E-state index contributed by atoms with van der Waals surface area (Å²) in [6.45, 7) is 5.56. The Morgan fingerprint density at radius 1 is 1.15 bits per heavy atom. The number of pyridine rings is 1. The minimum Gasteiger partial charge on any atom is -0.340 e. The van der Waals surface area contributed by atoms with Crippen molar-refractivity contribution >= 4 is 11.7 Å². The molecule has 0 aromatic carbocycles. The first-order chi connectivity index (χ1) is 13.0. The lowest BCUT2D eigenvalue weighted by atomic mass is 9.83. The Kier molecular flexibility index (Phi) is 5.17. The molecule has 2 bridgehead atoms. The number of aromatic nitrogens is 1. The van der Waals surface area contributed by atoms with E-state index in [1.54, 1.807) is 6.07 Å². The molecular weight excluding hydrogens is 342 g/mol. The Hall–Kier alpha value is -1.95. The van der Waals surface area contributed by atoms with Crippen LogP contribution < -0.4 is 5.56 Å². The van der Waals surface area contributed by atoms with E-state index in [1.165, 1.54) is 6.42 Å². The van der Waals surface area contributed by atoms with Gasteiger partial charge in [0.1, 0.15) is 0 Å². The van der Waals surface area contributed by atoms with E-state index in [0.717, 1.165) is 51.1 Å². The molecule has 3 aliphatic heterocycles. The maximum absolute atomic E-state index is 12.5. The van der Waals surface area contributed by atoms with Crippen LogP contribution in [-0.2, 0) is 16.1 Å². The summed E-state index contributed by atoms with van der Waals surface area (Å²) in [4.78, 5) is 41.2. The number of carbonyl (C=O) groups excluding carboxylic acids is 2. The third-order valence-corrected chi connectivity index (χ3v) is 6.43. The maximum Gasteiger partial charge on any atom is 0.250 e. The molecule has 3 unspecified atom stereocenters. The second kappa shape index (κ2) is 7.58. The molecule has 0 aliphatic carbocycles. The Morgan fingerprint density at radius 2 is 2.00 bits per heavy atom. The smallest absolute Gasteiger partial charge is 0.250 e. The van der Waals surface area contributed by atoms with Gasteiger partial charge in [0.15, 0.2) is 5.78 Å². The van der Waals surface area contributed by atoms with Gasteiger partial charge in [0.25, 0.3) is 5.56 Å². The maximum atomic E-state index is 12.5. The molecule has 0 spiro atoms. The lowest BCUT2D eigenvalue weighted by Gasteiger charge is -2.42. The van der Waals surface area contributed by atoms with Gasteiger partial charge < -0.3 is 9.47 Å². The number of Topliss-reactive ketones (excluding diaryl/α,β-unsaturated/α-hetero) is 1. The van der Waals surface area contributed by atoms with Gasteiger partial charge in [-0.1, -0.05) is 6.07 Å². The average molecular weight is 371 g/mol. The minimum atomic E-state index is -0.0127. The Morgan fingerprint density at radius 3 is 2.81 bits per heavy atom. The van der Waals surface area contributed by atoms with Crippen molar-refractivity contribution in [1.82, 2.24) is 14.4 Å². The summed E-state index contributed by atoms with van der Waals surface area (Å²) in [5.41, 5.74) is 1.17. The third kappa shape index (κ3) is 3.86. The highest BCUT2D eigenvalue weighted by Crippen LogP contribution is 2.34. The molecule has 146 valence electrons. The van der Waals surface area contributed by atoms with Crippen LogP contribution in [0.15, 0.2) is 23.0 Å². The summed E-state index contributed by atoms with van der Waals surface area (Å²) in [6, 6.07) is 5.74. The molecule has 27 heavy (non-hydrogen) atoms. The number of fused-ring (bicyclic) bond motifs is 4. The summed E-state index contributed by atoms with van der Waals surface area (Å²) in [5.74, 6) is 0.712. The zero-order valence-corrected chi connectivity index (χ0v) is 16.1. The molecular formula is C21H29N3O3. The molecule has 4 heterocycles. The number of piperidine rings is 2. The van der Waals surface area contributed by atoms with E-state index >= 15 is 0 Å². The molecule has 0 N–H and O–H groups in total. The highest BCUT2D eigenvalue weighted by molar-refractivity contribution is 5.99. The van der Waals surface area contributed by atoms with E-state index in [9.17, 15) is 14.4 Å². The van der Waals surface area contributed by atoms with Crippen LogP contribution in [0.25, 0.3) is 0 Å². The lowest BCUT2D eigenvalue weighted by molar-refractivity contribution is -0.138. The summed E-state index contributed by atoms with van der Waals surface area (Å²) in [6.07, 6.45) is 4.34. The zero-order chi connectivity index (χ0) is 19.0.